The predicted molar refractivity (Wildman–Crippen MR) is 103 cm³/mol. The van der Waals surface area contributed by atoms with Gasteiger partial charge in [-0.25, -0.2) is 0 Å². The third-order valence-electron chi connectivity index (χ3n) is 4.65. The number of amides is 2. The van der Waals surface area contributed by atoms with Gasteiger partial charge in [0.15, 0.2) is 6.54 Å². The van der Waals surface area contributed by atoms with Crippen LogP contribution in [0.25, 0.3) is 0 Å². The van der Waals surface area contributed by atoms with Crippen LogP contribution in [0.5, 0.6) is 0 Å². The van der Waals surface area contributed by atoms with Crippen molar-refractivity contribution in [3.63, 3.8) is 0 Å². The number of halogens is 1. The molecule has 0 atom stereocenters. The Bertz CT molecular complexity index is 787. The van der Waals surface area contributed by atoms with Gasteiger partial charge in [-0.05, 0) is 42.8 Å². The Labute approximate surface area is 158 Å². The number of hydrogen-bond donors (Lipinski definition) is 2. The predicted octanol–water partition coefficient (Wildman–Crippen LogP) is 1.63. The Hall–Kier alpha value is -2.37. The number of aryl methyl sites for hydroxylation is 1. The maximum atomic E-state index is 12.5. The van der Waals surface area contributed by atoms with E-state index in [1.54, 1.807) is 6.07 Å². The van der Waals surface area contributed by atoms with Gasteiger partial charge in [0.25, 0.3) is 11.8 Å². The molecule has 0 bridgehead atoms. The highest BCUT2D eigenvalue weighted by Crippen LogP contribution is 2.19. The van der Waals surface area contributed by atoms with Crippen LogP contribution in [0.3, 0.4) is 0 Å². The van der Waals surface area contributed by atoms with Gasteiger partial charge in [0.1, 0.15) is 0 Å². The van der Waals surface area contributed by atoms with E-state index in [0.29, 0.717) is 30.2 Å². The number of rotatable bonds is 4. The summed E-state index contributed by atoms with van der Waals surface area (Å²) >= 11 is 5.94. The number of quaternary nitrogens is 1. The molecule has 0 unspecified atom stereocenters. The molecule has 0 saturated carbocycles. The lowest BCUT2D eigenvalue weighted by Crippen LogP contribution is -3.15. The number of benzene rings is 2. The van der Waals surface area contributed by atoms with Crippen LogP contribution >= 0.6 is 11.6 Å². The van der Waals surface area contributed by atoms with Crippen molar-refractivity contribution in [2.45, 2.75) is 6.92 Å². The van der Waals surface area contributed by atoms with Crippen LogP contribution in [0.15, 0.2) is 48.5 Å². The molecule has 0 aromatic heterocycles. The summed E-state index contributed by atoms with van der Waals surface area (Å²) in [5.41, 5.74) is 2.45. The Morgan fingerprint density at radius 1 is 1.12 bits per heavy atom. The maximum absolute atomic E-state index is 12.5. The van der Waals surface area contributed by atoms with Crippen molar-refractivity contribution in [3.8, 4) is 0 Å². The molecule has 1 saturated heterocycles. The first-order valence-electron chi connectivity index (χ1n) is 8.77. The van der Waals surface area contributed by atoms with E-state index in [2.05, 4.69) is 5.32 Å². The van der Waals surface area contributed by atoms with E-state index in [9.17, 15) is 9.59 Å². The molecule has 1 heterocycles. The van der Waals surface area contributed by atoms with E-state index in [-0.39, 0.29) is 11.8 Å². The van der Waals surface area contributed by atoms with Gasteiger partial charge < -0.3 is 15.1 Å². The number of carbonyl (C=O) groups excluding carboxylic acids is 2. The summed E-state index contributed by atoms with van der Waals surface area (Å²) in [7, 11) is 0. The van der Waals surface area contributed by atoms with Gasteiger partial charge in [-0.2, -0.15) is 0 Å². The number of nitrogens with one attached hydrogen (secondary N) is 2. The van der Waals surface area contributed by atoms with Gasteiger partial charge in [0.2, 0.25) is 0 Å². The second kappa shape index (κ2) is 8.34. The van der Waals surface area contributed by atoms with Crippen LogP contribution in [0, 0.1) is 6.92 Å². The summed E-state index contributed by atoms with van der Waals surface area (Å²) in [4.78, 5) is 27.8. The minimum Gasteiger partial charge on any atom is -0.327 e. The van der Waals surface area contributed by atoms with E-state index in [4.69, 9.17) is 11.6 Å². The van der Waals surface area contributed by atoms with E-state index in [0.717, 1.165) is 24.3 Å². The average Bonchev–Trinajstić information content (AvgIpc) is 2.65. The molecular weight excluding hydrogens is 350 g/mol. The maximum Gasteiger partial charge on any atom is 0.279 e. The lowest BCUT2D eigenvalue weighted by Gasteiger charge is -2.32. The summed E-state index contributed by atoms with van der Waals surface area (Å²) in [5.74, 6) is 0.0409. The second-order valence-corrected chi connectivity index (χ2v) is 7.03. The highest BCUT2D eigenvalue weighted by atomic mass is 35.5. The quantitative estimate of drug-likeness (QED) is 0.857. The molecule has 6 heteroatoms. The minimum atomic E-state index is -0.0201. The minimum absolute atomic E-state index is 0.0201. The highest BCUT2D eigenvalue weighted by molar-refractivity contribution is 6.30. The third-order valence-corrected chi connectivity index (χ3v) is 4.89. The van der Waals surface area contributed by atoms with E-state index in [1.807, 2.05) is 54.3 Å². The van der Waals surface area contributed by atoms with Crippen molar-refractivity contribution in [1.82, 2.24) is 4.90 Å². The van der Waals surface area contributed by atoms with Gasteiger partial charge in [-0.15, -0.1) is 0 Å². The van der Waals surface area contributed by atoms with Gasteiger partial charge >= 0.3 is 0 Å². The summed E-state index contributed by atoms with van der Waals surface area (Å²) < 4.78 is 0. The molecule has 0 spiro atoms. The highest BCUT2D eigenvalue weighted by Gasteiger charge is 2.25. The standard InChI is InChI=1S/C20H22ClN3O2/c1-15-13-17(21)7-8-18(15)22-19(25)14-23-9-11-24(12-10-23)20(26)16-5-3-2-4-6-16/h2-8,13H,9-12,14H2,1H3,(H,22,25)/p+1. The lowest BCUT2D eigenvalue weighted by atomic mass is 10.2. The zero-order valence-electron chi connectivity index (χ0n) is 14.8. The number of piperazine rings is 1. The zero-order valence-corrected chi connectivity index (χ0v) is 15.6. The molecule has 26 heavy (non-hydrogen) atoms. The lowest BCUT2D eigenvalue weighted by molar-refractivity contribution is -0.895. The smallest absolute Gasteiger partial charge is 0.279 e. The molecular formula is C20H23ClN3O2+. The summed E-state index contributed by atoms with van der Waals surface area (Å²) in [6, 6.07) is 14.7. The summed E-state index contributed by atoms with van der Waals surface area (Å²) in [5, 5.41) is 3.60. The third kappa shape index (κ3) is 4.62. The fourth-order valence-electron chi connectivity index (χ4n) is 3.15. The number of anilines is 1. The average molecular weight is 373 g/mol. The topological polar surface area (TPSA) is 53.9 Å². The molecule has 2 amide bonds. The van der Waals surface area contributed by atoms with Crippen molar-refractivity contribution in [2.24, 2.45) is 0 Å². The molecule has 0 radical (unpaired) electrons. The fraction of sp³-hybridized carbons (Fsp3) is 0.300. The first kappa shape index (κ1) is 18.4. The molecule has 0 aliphatic carbocycles. The van der Waals surface area contributed by atoms with Crippen molar-refractivity contribution < 1.29 is 14.5 Å². The van der Waals surface area contributed by atoms with Crippen LogP contribution in [0.1, 0.15) is 15.9 Å². The monoisotopic (exact) mass is 372 g/mol. The molecule has 2 aromatic carbocycles. The molecule has 5 nitrogen and oxygen atoms in total. The molecule has 136 valence electrons. The van der Waals surface area contributed by atoms with Gasteiger partial charge in [0.05, 0.1) is 26.2 Å². The number of carbonyl (C=O) groups is 2. The SMILES string of the molecule is Cc1cc(Cl)ccc1NC(=O)C[NH+]1CCN(C(=O)c2ccccc2)CC1. The number of nitrogens with zero attached hydrogens (tertiary/aromatic N) is 1. The van der Waals surface area contributed by atoms with Gasteiger partial charge in [-0.3, -0.25) is 9.59 Å². The Morgan fingerprint density at radius 3 is 2.46 bits per heavy atom. The molecule has 1 aliphatic rings. The second-order valence-electron chi connectivity index (χ2n) is 6.59. The van der Waals surface area contributed by atoms with Crippen LogP contribution in [0.2, 0.25) is 5.02 Å². The molecule has 2 aromatic rings. The zero-order chi connectivity index (χ0) is 18.5. The molecule has 2 N–H and O–H groups in total. The van der Waals surface area contributed by atoms with Crippen molar-refractivity contribution in [3.05, 3.63) is 64.7 Å². The Morgan fingerprint density at radius 2 is 1.81 bits per heavy atom. The van der Waals surface area contributed by atoms with Crippen molar-refractivity contribution in [2.75, 3.05) is 38.0 Å². The van der Waals surface area contributed by atoms with E-state index < -0.39 is 0 Å². The van der Waals surface area contributed by atoms with Gasteiger partial charge in [0, 0.05) is 16.3 Å². The van der Waals surface area contributed by atoms with Crippen LogP contribution < -0.4 is 10.2 Å². The molecule has 1 aliphatic heterocycles. The molecule has 3 rings (SSSR count). The van der Waals surface area contributed by atoms with E-state index >= 15 is 0 Å². The number of hydrogen-bond acceptors (Lipinski definition) is 2. The van der Waals surface area contributed by atoms with Crippen molar-refractivity contribution in [1.29, 1.82) is 0 Å². The normalized spacial score (nSPS) is 14.9. The summed E-state index contributed by atoms with van der Waals surface area (Å²) in [6.07, 6.45) is 0. The fourth-order valence-corrected chi connectivity index (χ4v) is 3.38. The van der Waals surface area contributed by atoms with Crippen molar-refractivity contribution >= 4 is 29.1 Å². The molecule has 1 fully saturated rings. The largest absolute Gasteiger partial charge is 0.327 e. The first-order chi connectivity index (χ1) is 12.5. The summed E-state index contributed by atoms with van der Waals surface area (Å²) in [6.45, 7) is 5.18. The van der Waals surface area contributed by atoms with E-state index in [1.165, 1.54) is 4.90 Å². The first-order valence-corrected chi connectivity index (χ1v) is 9.14. The van der Waals surface area contributed by atoms with Gasteiger partial charge in [-0.1, -0.05) is 29.8 Å². The van der Waals surface area contributed by atoms with Crippen LogP contribution in [-0.2, 0) is 4.79 Å². The Balaban J connectivity index is 1.49. The van der Waals surface area contributed by atoms with Crippen LogP contribution in [-0.4, -0.2) is 49.4 Å². The van der Waals surface area contributed by atoms with Crippen LogP contribution in [0.4, 0.5) is 5.69 Å². The Kier molecular flexibility index (Phi) is 5.91.